The Hall–Kier alpha value is -3.02. The van der Waals surface area contributed by atoms with Crippen molar-refractivity contribution < 1.29 is 22.5 Å². The van der Waals surface area contributed by atoms with Gasteiger partial charge in [0.2, 0.25) is 11.8 Å². The smallest absolute Gasteiger partial charge is 0.378 e. The number of alkyl halides is 3. The van der Waals surface area contributed by atoms with Gasteiger partial charge in [-0.25, -0.2) is 9.37 Å². The molecule has 0 amide bonds. The van der Waals surface area contributed by atoms with Crippen molar-refractivity contribution in [2.24, 2.45) is 17.6 Å². The summed E-state index contributed by atoms with van der Waals surface area (Å²) in [6.45, 7) is 0.252. The molecule has 0 bridgehead atoms. The molecule has 1 fully saturated rings. The van der Waals surface area contributed by atoms with E-state index in [4.69, 9.17) is 11.5 Å². The molecule has 0 aliphatic heterocycles. The van der Waals surface area contributed by atoms with Crippen LogP contribution in [-0.4, -0.2) is 21.4 Å². The third-order valence-corrected chi connectivity index (χ3v) is 5.76. The van der Waals surface area contributed by atoms with E-state index in [1.807, 2.05) is 0 Å². The van der Waals surface area contributed by atoms with Crippen LogP contribution in [0.1, 0.15) is 42.5 Å². The van der Waals surface area contributed by atoms with E-state index in [0.29, 0.717) is 31.0 Å². The van der Waals surface area contributed by atoms with Gasteiger partial charge in [-0.1, -0.05) is 0 Å². The molecule has 0 atom stereocenters. The minimum Gasteiger partial charge on any atom is -0.378 e. The fourth-order valence-electron chi connectivity index (χ4n) is 3.95. The van der Waals surface area contributed by atoms with Gasteiger partial charge in [-0.15, -0.1) is 0 Å². The van der Waals surface area contributed by atoms with Crippen molar-refractivity contribution in [3.8, 4) is 0 Å². The summed E-state index contributed by atoms with van der Waals surface area (Å²) >= 11 is 0. The monoisotopic (exact) mass is 456 g/mol. The molecule has 0 unspecified atom stereocenters. The predicted octanol–water partition coefficient (Wildman–Crippen LogP) is 4.04. The summed E-state index contributed by atoms with van der Waals surface area (Å²) in [6, 6.07) is 2.07. The molecule has 1 heterocycles. The molecular formula is C20H24F4N6O2. The van der Waals surface area contributed by atoms with E-state index in [2.05, 4.69) is 15.3 Å². The molecular weight excluding hydrogens is 432 g/mol. The lowest BCUT2D eigenvalue weighted by atomic mass is 9.80. The number of hydrogen-bond donors (Lipinski definition) is 3. The van der Waals surface area contributed by atoms with E-state index < -0.39 is 22.5 Å². The van der Waals surface area contributed by atoms with Crippen LogP contribution < -0.4 is 16.8 Å². The number of nitrogen functional groups attached to an aromatic ring is 1. The van der Waals surface area contributed by atoms with Crippen molar-refractivity contribution in [3.05, 3.63) is 51.0 Å². The molecule has 1 aliphatic carbocycles. The predicted molar refractivity (Wildman–Crippen MR) is 110 cm³/mol. The Kier molecular flexibility index (Phi) is 7.12. The number of halogens is 4. The van der Waals surface area contributed by atoms with Gasteiger partial charge in [0.1, 0.15) is 11.5 Å². The van der Waals surface area contributed by atoms with E-state index in [1.165, 1.54) is 0 Å². The number of benzene rings is 1. The van der Waals surface area contributed by atoms with Gasteiger partial charge in [0.05, 0.1) is 10.5 Å². The minimum absolute atomic E-state index is 0.115. The van der Waals surface area contributed by atoms with Gasteiger partial charge in [0.25, 0.3) is 0 Å². The Morgan fingerprint density at radius 2 is 1.81 bits per heavy atom. The Labute approximate surface area is 181 Å². The van der Waals surface area contributed by atoms with E-state index >= 15 is 0 Å². The van der Waals surface area contributed by atoms with Gasteiger partial charge < -0.3 is 16.8 Å². The highest BCUT2D eigenvalue weighted by Gasteiger charge is 2.31. The van der Waals surface area contributed by atoms with Gasteiger partial charge in [0, 0.05) is 12.1 Å². The molecule has 1 aromatic heterocycles. The number of nitrogens with zero attached hydrogens (tertiary/aromatic N) is 3. The molecule has 32 heavy (non-hydrogen) atoms. The summed E-state index contributed by atoms with van der Waals surface area (Å²) in [5.41, 5.74) is 10.0. The number of hydrogen-bond acceptors (Lipinski definition) is 7. The van der Waals surface area contributed by atoms with Crippen LogP contribution in [0.25, 0.3) is 0 Å². The van der Waals surface area contributed by atoms with Crippen molar-refractivity contribution in [3.63, 3.8) is 0 Å². The van der Waals surface area contributed by atoms with Crippen LogP contribution in [0.4, 0.5) is 35.0 Å². The van der Waals surface area contributed by atoms with Gasteiger partial charge >= 0.3 is 11.9 Å². The molecule has 0 spiro atoms. The zero-order valence-electron chi connectivity index (χ0n) is 17.2. The Morgan fingerprint density at radius 1 is 1.16 bits per heavy atom. The first kappa shape index (κ1) is 23.6. The topological polar surface area (TPSA) is 133 Å². The first-order valence-electron chi connectivity index (χ1n) is 10.2. The number of anilines is 2. The number of nitrogens with one attached hydrogen (secondary N) is 1. The van der Waals surface area contributed by atoms with E-state index in [-0.39, 0.29) is 41.2 Å². The van der Waals surface area contributed by atoms with Crippen LogP contribution in [0, 0.1) is 27.8 Å². The van der Waals surface area contributed by atoms with Crippen LogP contribution in [0.5, 0.6) is 0 Å². The summed E-state index contributed by atoms with van der Waals surface area (Å²) < 4.78 is 52.7. The van der Waals surface area contributed by atoms with Crippen molar-refractivity contribution in [2.45, 2.75) is 44.8 Å². The molecule has 2 aromatic rings. The third kappa shape index (κ3) is 5.61. The summed E-state index contributed by atoms with van der Waals surface area (Å²) in [6.07, 6.45) is -0.757. The Morgan fingerprint density at radius 3 is 2.41 bits per heavy atom. The van der Waals surface area contributed by atoms with Gasteiger partial charge in [-0.2, -0.15) is 18.2 Å². The molecule has 1 saturated carbocycles. The molecule has 1 aliphatic rings. The second-order valence-electron chi connectivity index (χ2n) is 7.97. The highest BCUT2D eigenvalue weighted by molar-refractivity contribution is 5.58. The van der Waals surface area contributed by atoms with Crippen LogP contribution in [0.3, 0.4) is 0 Å². The molecule has 1 aromatic carbocycles. The summed E-state index contributed by atoms with van der Waals surface area (Å²) in [5, 5.41) is 14.1. The first-order valence-corrected chi connectivity index (χ1v) is 10.2. The van der Waals surface area contributed by atoms with Crippen LogP contribution in [0.15, 0.2) is 18.2 Å². The van der Waals surface area contributed by atoms with Gasteiger partial charge in [-0.3, -0.25) is 10.1 Å². The molecule has 3 rings (SSSR count). The second kappa shape index (κ2) is 9.63. The third-order valence-electron chi connectivity index (χ3n) is 5.76. The zero-order chi connectivity index (χ0) is 23.5. The number of rotatable bonds is 7. The van der Waals surface area contributed by atoms with Crippen LogP contribution in [0.2, 0.25) is 0 Å². The summed E-state index contributed by atoms with van der Waals surface area (Å²) in [7, 11) is 0. The average molecular weight is 456 g/mol. The number of nitro groups is 1. The largest absolute Gasteiger partial charge is 0.416 e. The van der Waals surface area contributed by atoms with Crippen molar-refractivity contribution >= 4 is 17.5 Å². The highest BCUT2D eigenvalue weighted by atomic mass is 19.4. The zero-order valence-corrected chi connectivity index (χ0v) is 17.2. The maximum atomic E-state index is 14.0. The first-order chi connectivity index (χ1) is 15.1. The van der Waals surface area contributed by atoms with Crippen molar-refractivity contribution in [1.82, 2.24) is 9.97 Å². The molecule has 12 heteroatoms. The number of aromatic nitrogens is 2. The fraction of sp³-hybridized carbons (Fsp3) is 0.500. The molecule has 8 nitrogen and oxygen atoms in total. The molecule has 5 N–H and O–H groups in total. The lowest BCUT2D eigenvalue weighted by molar-refractivity contribution is -0.385. The average Bonchev–Trinajstić information content (AvgIpc) is 2.72. The maximum Gasteiger partial charge on any atom is 0.416 e. The summed E-state index contributed by atoms with van der Waals surface area (Å²) in [4.78, 5) is 18.9. The Bertz CT molecular complexity index is 977. The van der Waals surface area contributed by atoms with Gasteiger partial charge in [0.15, 0.2) is 0 Å². The fourth-order valence-corrected chi connectivity index (χ4v) is 3.95. The van der Waals surface area contributed by atoms with E-state index in [9.17, 15) is 27.7 Å². The summed E-state index contributed by atoms with van der Waals surface area (Å²) in [5.74, 6) is -0.702. The minimum atomic E-state index is -4.62. The van der Waals surface area contributed by atoms with Crippen LogP contribution in [-0.2, 0) is 19.1 Å². The van der Waals surface area contributed by atoms with Crippen molar-refractivity contribution in [2.75, 3.05) is 17.6 Å². The quantitative estimate of drug-likeness (QED) is 0.325. The molecule has 0 saturated heterocycles. The standard InChI is InChI=1S/C20H24F4N6O2/c21-15-6-5-14(20(22,23)24)8-13(15)10-27-19-28-16(17(30(31)32)18(26)29-19)7-11-1-3-12(9-25)4-2-11/h5-6,8,11-12H,1-4,7,9-10,25H2,(H3,26,27,28,29). The molecule has 174 valence electrons. The van der Waals surface area contributed by atoms with E-state index in [0.717, 1.165) is 31.7 Å². The molecule has 0 radical (unpaired) electrons. The van der Waals surface area contributed by atoms with Crippen molar-refractivity contribution in [1.29, 1.82) is 0 Å². The van der Waals surface area contributed by atoms with Crippen LogP contribution >= 0.6 is 0 Å². The normalized spacial score (nSPS) is 19.0. The highest BCUT2D eigenvalue weighted by Crippen LogP contribution is 2.34. The maximum absolute atomic E-state index is 14.0. The van der Waals surface area contributed by atoms with Gasteiger partial charge in [-0.05, 0) is 68.7 Å². The van der Waals surface area contributed by atoms with E-state index in [1.54, 1.807) is 0 Å². The second-order valence-corrected chi connectivity index (χ2v) is 7.97. The Balaban J connectivity index is 1.80. The lowest BCUT2D eigenvalue weighted by Gasteiger charge is -2.27. The number of nitrogens with two attached hydrogens (primary N) is 2. The SMILES string of the molecule is NCC1CCC(Cc2nc(NCc3cc(C(F)(F)F)ccc3F)nc(N)c2[N+](=O)[O-])CC1. The lowest BCUT2D eigenvalue weighted by Crippen LogP contribution is -2.23.